The number of halogens is 1. The van der Waals surface area contributed by atoms with Crippen molar-refractivity contribution >= 4 is 36.0 Å². The molecule has 1 saturated heterocycles. The van der Waals surface area contributed by atoms with Gasteiger partial charge in [0.1, 0.15) is 5.60 Å². The average molecular weight is 466 g/mol. The number of aliphatic imine (C=N–C) groups is 1. The quantitative estimate of drug-likeness (QED) is 0.289. The molecule has 0 aromatic heterocycles. The van der Waals surface area contributed by atoms with Gasteiger partial charge in [0.15, 0.2) is 5.96 Å². The van der Waals surface area contributed by atoms with E-state index in [9.17, 15) is 4.79 Å². The highest BCUT2D eigenvalue weighted by Gasteiger charge is 2.29. The van der Waals surface area contributed by atoms with E-state index in [1.165, 1.54) is 38.5 Å². The lowest BCUT2D eigenvalue weighted by Gasteiger charge is -2.24. The van der Waals surface area contributed by atoms with Crippen LogP contribution in [-0.2, 0) is 4.74 Å². The third-order valence-corrected chi connectivity index (χ3v) is 4.66. The van der Waals surface area contributed by atoms with Crippen LogP contribution in [0.4, 0.5) is 4.79 Å². The largest absolute Gasteiger partial charge is 0.444 e. The van der Waals surface area contributed by atoms with E-state index in [1.807, 2.05) is 20.8 Å². The van der Waals surface area contributed by atoms with Crippen LogP contribution in [0.5, 0.6) is 0 Å². The second-order valence-corrected chi connectivity index (χ2v) is 8.14. The first-order valence-electron chi connectivity index (χ1n) is 9.38. The number of amides is 1. The van der Waals surface area contributed by atoms with Gasteiger partial charge in [-0.3, -0.25) is 4.99 Å². The summed E-state index contributed by atoms with van der Waals surface area (Å²) in [4.78, 5) is 18.4. The molecule has 0 spiro atoms. The highest BCUT2D eigenvalue weighted by atomic mass is 127. The minimum atomic E-state index is -0.444. The lowest BCUT2D eigenvalue weighted by molar-refractivity contribution is 0.0289. The number of carbonyl (C=O) groups excluding carboxylic acids is 1. The molecule has 1 amide bonds. The van der Waals surface area contributed by atoms with Crippen LogP contribution in [0.25, 0.3) is 0 Å². The summed E-state index contributed by atoms with van der Waals surface area (Å²) >= 11 is 0. The smallest absolute Gasteiger partial charge is 0.410 e. The molecule has 146 valence electrons. The van der Waals surface area contributed by atoms with Crippen LogP contribution in [0.15, 0.2) is 4.99 Å². The van der Waals surface area contributed by atoms with Crippen molar-refractivity contribution < 1.29 is 9.53 Å². The standard InChI is InChI=1S/C18H34N4O2.HI/c1-18(2,3)24-17(23)22-11-10-14(13-22)12-20-16(19)21-15-8-6-4-5-7-9-15;/h14-15H,4-13H2,1-3H3,(H3,19,20,21);1H. The summed E-state index contributed by atoms with van der Waals surface area (Å²) in [6.07, 6.45) is 8.32. The number of hydrogen-bond donors (Lipinski definition) is 2. The van der Waals surface area contributed by atoms with E-state index in [4.69, 9.17) is 10.5 Å². The molecule has 1 unspecified atom stereocenters. The molecule has 1 atom stereocenters. The van der Waals surface area contributed by atoms with Crippen molar-refractivity contribution in [2.45, 2.75) is 77.4 Å². The maximum atomic E-state index is 12.1. The van der Waals surface area contributed by atoms with Crippen LogP contribution >= 0.6 is 24.0 Å². The normalized spacial score (nSPS) is 22.9. The Morgan fingerprint density at radius 1 is 1.20 bits per heavy atom. The van der Waals surface area contributed by atoms with Crippen molar-refractivity contribution in [2.75, 3.05) is 19.6 Å². The molecule has 7 heteroatoms. The predicted octanol–water partition coefficient (Wildman–Crippen LogP) is 3.49. The van der Waals surface area contributed by atoms with Crippen molar-refractivity contribution in [3.05, 3.63) is 0 Å². The average Bonchev–Trinajstić information content (AvgIpc) is 2.82. The minimum Gasteiger partial charge on any atom is -0.444 e. The zero-order chi connectivity index (χ0) is 17.6. The van der Waals surface area contributed by atoms with Gasteiger partial charge < -0.3 is 20.7 Å². The van der Waals surface area contributed by atoms with Gasteiger partial charge in [0.05, 0.1) is 0 Å². The van der Waals surface area contributed by atoms with Gasteiger partial charge in [-0.1, -0.05) is 25.7 Å². The molecule has 0 aromatic carbocycles. The number of hydrogen-bond acceptors (Lipinski definition) is 3. The molecule has 3 N–H and O–H groups in total. The number of nitrogens with zero attached hydrogens (tertiary/aromatic N) is 2. The van der Waals surface area contributed by atoms with Crippen LogP contribution in [0.1, 0.15) is 65.7 Å². The molecular weight excluding hydrogens is 431 g/mol. The Bertz CT molecular complexity index is 443. The van der Waals surface area contributed by atoms with E-state index < -0.39 is 5.60 Å². The second kappa shape index (κ2) is 10.4. The van der Waals surface area contributed by atoms with Crippen molar-refractivity contribution in [1.82, 2.24) is 10.2 Å². The fraction of sp³-hybridized carbons (Fsp3) is 0.889. The predicted molar refractivity (Wildman–Crippen MR) is 112 cm³/mol. The van der Waals surface area contributed by atoms with Gasteiger partial charge in [-0.2, -0.15) is 0 Å². The Morgan fingerprint density at radius 3 is 2.44 bits per heavy atom. The van der Waals surface area contributed by atoms with Gasteiger partial charge in [-0.25, -0.2) is 4.79 Å². The Kier molecular flexibility index (Phi) is 9.30. The van der Waals surface area contributed by atoms with Crippen LogP contribution in [-0.4, -0.2) is 48.2 Å². The molecule has 0 radical (unpaired) electrons. The summed E-state index contributed by atoms with van der Waals surface area (Å²) < 4.78 is 5.42. The highest BCUT2D eigenvalue weighted by molar-refractivity contribution is 14.0. The fourth-order valence-corrected chi connectivity index (χ4v) is 3.38. The van der Waals surface area contributed by atoms with Crippen molar-refractivity contribution in [1.29, 1.82) is 0 Å². The van der Waals surface area contributed by atoms with Gasteiger partial charge in [0, 0.05) is 25.7 Å². The number of ether oxygens (including phenoxy) is 1. The van der Waals surface area contributed by atoms with Gasteiger partial charge in [-0.15, -0.1) is 24.0 Å². The van der Waals surface area contributed by atoms with Crippen molar-refractivity contribution in [2.24, 2.45) is 16.6 Å². The molecule has 6 nitrogen and oxygen atoms in total. The van der Waals surface area contributed by atoms with Crippen LogP contribution in [0, 0.1) is 5.92 Å². The SMILES string of the molecule is CC(C)(C)OC(=O)N1CCC(CN=C(N)NC2CCCCCC2)C1.I. The van der Waals surface area contributed by atoms with E-state index in [1.54, 1.807) is 4.90 Å². The van der Waals surface area contributed by atoms with Gasteiger partial charge in [0.25, 0.3) is 0 Å². The lowest BCUT2D eigenvalue weighted by atomic mass is 10.1. The van der Waals surface area contributed by atoms with E-state index in [-0.39, 0.29) is 30.1 Å². The number of nitrogens with one attached hydrogen (secondary N) is 1. The number of likely N-dealkylation sites (tertiary alicyclic amines) is 1. The number of guanidine groups is 1. The Hall–Kier alpha value is -0.730. The molecule has 1 heterocycles. The van der Waals surface area contributed by atoms with Crippen LogP contribution in [0.3, 0.4) is 0 Å². The molecule has 1 aliphatic heterocycles. The highest BCUT2D eigenvalue weighted by Crippen LogP contribution is 2.20. The minimum absolute atomic E-state index is 0. The van der Waals surface area contributed by atoms with Crippen LogP contribution < -0.4 is 11.1 Å². The number of carbonyl (C=O) groups is 1. The summed E-state index contributed by atoms with van der Waals surface area (Å²) in [7, 11) is 0. The molecule has 25 heavy (non-hydrogen) atoms. The van der Waals surface area contributed by atoms with Gasteiger partial charge in [0.2, 0.25) is 0 Å². The topological polar surface area (TPSA) is 80.0 Å². The molecule has 0 bridgehead atoms. The summed E-state index contributed by atoms with van der Waals surface area (Å²) in [5, 5.41) is 3.37. The fourth-order valence-electron chi connectivity index (χ4n) is 3.38. The monoisotopic (exact) mass is 466 g/mol. The van der Waals surface area contributed by atoms with Crippen molar-refractivity contribution in [3.63, 3.8) is 0 Å². The molecule has 1 saturated carbocycles. The van der Waals surface area contributed by atoms with E-state index in [0.717, 1.165) is 13.0 Å². The number of nitrogens with two attached hydrogens (primary N) is 1. The summed E-state index contributed by atoms with van der Waals surface area (Å²) in [5.41, 5.74) is 5.60. The summed E-state index contributed by atoms with van der Waals surface area (Å²) in [6.45, 7) is 7.79. The first-order valence-corrected chi connectivity index (χ1v) is 9.38. The zero-order valence-electron chi connectivity index (χ0n) is 15.9. The van der Waals surface area contributed by atoms with Gasteiger partial charge >= 0.3 is 6.09 Å². The second-order valence-electron chi connectivity index (χ2n) is 8.14. The lowest BCUT2D eigenvalue weighted by Crippen LogP contribution is -2.40. The third-order valence-electron chi connectivity index (χ3n) is 4.66. The van der Waals surface area contributed by atoms with Gasteiger partial charge in [-0.05, 0) is 46.0 Å². The van der Waals surface area contributed by atoms with E-state index in [2.05, 4.69) is 10.3 Å². The molecule has 2 aliphatic rings. The molecule has 2 fully saturated rings. The maximum absolute atomic E-state index is 12.1. The number of rotatable bonds is 3. The Morgan fingerprint density at radius 2 is 1.84 bits per heavy atom. The third kappa shape index (κ3) is 8.46. The summed E-state index contributed by atoms with van der Waals surface area (Å²) in [6, 6.07) is 0.470. The molecular formula is C18H35IN4O2. The Labute approximate surface area is 169 Å². The first kappa shape index (κ1) is 22.3. The molecule has 0 aromatic rings. The summed E-state index contributed by atoms with van der Waals surface area (Å²) in [5.74, 6) is 0.921. The molecule has 2 rings (SSSR count). The van der Waals surface area contributed by atoms with Crippen molar-refractivity contribution in [3.8, 4) is 0 Å². The molecule has 1 aliphatic carbocycles. The first-order chi connectivity index (χ1) is 11.3. The van der Waals surface area contributed by atoms with E-state index >= 15 is 0 Å². The maximum Gasteiger partial charge on any atom is 0.410 e. The Balaban J connectivity index is 0.00000312. The van der Waals surface area contributed by atoms with Crippen LogP contribution in [0.2, 0.25) is 0 Å². The van der Waals surface area contributed by atoms with E-state index in [0.29, 0.717) is 31.0 Å². The zero-order valence-corrected chi connectivity index (χ0v) is 18.3.